The number of carbonyl (C=O) groups excluding carboxylic acids is 1. The summed E-state index contributed by atoms with van der Waals surface area (Å²) in [6.07, 6.45) is 0. The normalized spacial score (nSPS) is 9.64. The predicted molar refractivity (Wildman–Crippen MR) is 33.5 cm³/mol. The third-order valence-electron chi connectivity index (χ3n) is 0.925. The van der Waals surface area contributed by atoms with Gasteiger partial charge in [0.05, 0.1) is 7.11 Å². The van der Waals surface area contributed by atoms with Gasteiger partial charge in [-0.25, -0.2) is 5.48 Å². The average molecular weight is 157 g/mol. The number of amides is 1. The van der Waals surface area contributed by atoms with Gasteiger partial charge in [-0.15, -0.1) is 0 Å². The highest BCUT2D eigenvalue weighted by molar-refractivity contribution is 5.89. The topological polar surface area (TPSA) is 77.2 Å². The van der Waals surface area contributed by atoms with Crippen LogP contribution in [0.2, 0.25) is 0 Å². The van der Waals surface area contributed by atoms with E-state index < -0.39 is 5.91 Å². The van der Waals surface area contributed by atoms with E-state index in [2.05, 4.69) is 25.0 Å². The molecule has 1 amide bonds. The minimum Gasteiger partial charge on any atom is -0.339 e. The molecule has 0 atom stereocenters. The van der Waals surface area contributed by atoms with E-state index in [0.29, 0.717) is 5.89 Å². The molecule has 0 saturated carbocycles. The zero-order chi connectivity index (χ0) is 8.27. The second-order valence-corrected chi connectivity index (χ2v) is 1.77. The quantitative estimate of drug-likeness (QED) is 0.594. The van der Waals surface area contributed by atoms with E-state index in [9.17, 15) is 4.79 Å². The van der Waals surface area contributed by atoms with Crippen LogP contribution in [0.5, 0.6) is 0 Å². The third kappa shape index (κ3) is 1.74. The van der Waals surface area contributed by atoms with E-state index in [1.807, 2.05) is 0 Å². The van der Waals surface area contributed by atoms with Gasteiger partial charge in [0.2, 0.25) is 5.89 Å². The molecular weight excluding hydrogens is 150 g/mol. The Morgan fingerprint density at radius 3 is 2.91 bits per heavy atom. The molecule has 0 bridgehead atoms. The van der Waals surface area contributed by atoms with Gasteiger partial charge in [-0.05, 0) is 0 Å². The van der Waals surface area contributed by atoms with Crippen LogP contribution in [0.15, 0.2) is 4.52 Å². The summed E-state index contributed by atoms with van der Waals surface area (Å²) in [6, 6.07) is 0. The smallest absolute Gasteiger partial charge is 0.316 e. The molecule has 1 rings (SSSR count). The van der Waals surface area contributed by atoms with Gasteiger partial charge in [-0.2, -0.15) is 4.98 Å². The number of hydrogen-bond acceptors (Lipinski definition) is 5. The number of carbonyl (C=O) groups is 1. The van der Waals surface area contributed by atoms with Crippen molar-refractivity contribution in [1.82, 2.24) is 15.6 Å². The Morgan fingerprint density at radius 1 is 1.73 bits per heavy atom. The van der Waals surface area contributed by atoms with E-state index in [0.717, 1.165) is 0 Å². The largest absolute Gasteiger partial charge is 0.339 e. The Morgan fingerprint density at radius 2 is 2.45 bits per heavy atom. The second kappa shape index (κ2) is 3.11. The molecule has 0 aliphatic carbocycles. The van der Waals surface area contributed by atoms with E-state index in [-0.39, 0.29) is 5.82 Å². The van der Waals surface area contributed by atoms with Crippen LogP contribution in [0.25, 0.3) is 0 Å². The number of rotatable bonds is 2. The Bertz CT molecular complexity index is 257. The summed E-state index contributed by atoms with van der Waals surface area (Å²) in [4.78, 5) is 18.8. The lowest BCUT2D eigenvalue weighted by Crippen LogP contribution is -2.22. The lowest BCUT2D eigenvalue weighted by atomic mass is 10.6. The number of nitrogens with one attached hydrogen (secondary N) is 1. The molecule has 1 N–H and O–H groups in total. The first kappa shape index (κ1) is 7.67. The zero-order valence-electron chi connectivity index (χ0n) is 6.12. The highest BCUT2D eigenvalue weighted by atomic mass is 16.6. The number of aryl methyl sites for hydroxylation is 1. The molecule has 0 aliphatic heterocycles. The molecule has 1 heterocycles. The van der Waals surface area contributed by atoms with E-state index in [4.69, 9.17) is 0 Å². The molecular formula is C5H7N3O3. The van der Waals surface area contributed by atoms with Gasteiger partial charge in [-0.1, -0.05) is 5.16 Å². The molecule has 0 unspecified atom stereocenters. The first-order valence-corrected chi connectivity index (χ1v) is 2.87. The van der Waals surface area contributed by atoms with Crippen molar-refractivity contribution in [1.29, 1.82) is 0 Å². The van der Waals surface area contributed by atoms with E-state index in [1.54, 1.807) is 6.92 Å². The average Bonchev–Trinajstić information content (AvgIpc) is 2.36. The van der Waals surface area contributed by atoms with Crippen molar-refractivity contribution in [2.24, 2.45) is 0 Å². The number of aromatic nitrogens is 2. The number of nitrogens with zero attached hydrogens (tertiary/aromatic N) is 2. The third-order valence-corrected chi connectivity index (χ3v) is 0.925. The van der Waals surface area contributed by atoms with Gasteiger partial charge < -0.3 is 4.52 Å². The van der Waals surface area contributed by atoms with Crippen LogP contribution >= 0.6 is 0 Å². The van der Waals surface area contributed by atoms with Crippen molar-refractivity contribution in [3.63, 3.8) is 0 Å². The van der Waals surface area contributed by atoms with Gasteiger partial charge in [0.1, 0.15) is 0 Å². The Labute approximate surface area is 62.5 Å². The number of hydrogen-bond donors (Lipinski definition) is 1. The minimum absolute atomic E-state index is 0.0376. The molecule has 11 heavy (non-hydrogen) atoms. The van der Waals surface area contributed by atoms with E-state index in [1.165, 1.54) is 7.11 Å². The minimum atomic E-state index is -0.524. The molecule has 1 aromatic rings. The summed E-state index contributed by atoms with van der Waals surface area (Å²) in [5.41, 5.74) is 2.05. The molecule has 0 saturated heterocycles. The van der Waals surface area contributed by atoms with E-state index >= 15 is 0 Å². The maximum absolute atomic E-state index is 10.8. The fraction of sp³-hybridized carbons (Fsp3) is 0.400. The van der Waals surface area contributed by atoms with Gasteiger partial charge in [0, 0.05) is 6.92 Å². The van der Waals surface area contributed by atoms with Crippen LogP contribution in [-0.2, 0) is 4.84 Å². The summed E-state index contributed by atoms with van der Waals surface area (Å²) >= 11 is 0. The van der Waals surface area contributed by atoms with Gasteiger partial charge in [-0.3, -0.25) is 9.63 Å². The van der Waals surface area contributed by atoms with Crippen molar-refractivity contribution in [2.45, 2.75) is 6.92 Å². The Balaban J connectivity index is 2.69. The fourth-order valence-electron chi connectivity index (χ4n) is 0.530. The van der Waals surface area contributed by atoms with Crippen LogP contribution in [0, 0.1) is 6.92 Å². The summed E-state index contributed by atoms with van der Waals surface area (Å²) in [7, 11) is 1.32. The molecule has 6 nitrogen and oxygen atoms in total. The second-order valence-electron chi connectivity index (χ2n) is 1.77. The van der Waals surface area contributed by atoms with Crippen molar-refractivity contribution in [3.05, 3.63) is 11.7 Å². The summed E-state index contributed by atoms with van der Waals surface area (Å²) in [6.45, 7) is 1.59. The molecule has 60 valence electrons. The molecule has 0 aliphatic rings. The van der Waals surface area contributed by atoms with Crippen LogP contribution in [0.3, 0.4) is 0 Å². The first-order valence-electron chi connectivity index (χ1n) is 2.87. The van der Waals surface area contributed by atoms with Crippen molar-refractivity contribution >= 4 is 5.91 Å². The SMILES string of the molecule is CONC(=O)c1noc(C)n1. The van der Waals surface area contributed by atoms with Gasteiger partial charge in [0.15, 0.2) is 0 Å². The fourth-order valence-corrected chi connectivity index (χ4v) is 0.530. The maximum Gasteiger partial charge on any atom is 0.316 e. The highest BCUT2D eigenvalue weighted by Crippen LogP contribution is 1.93. The molecule has 0 fully saturated rings. The van der Waals surface area contributed by atoms with Crippen LogP contribution in [0.4, 0.5) is 0 Å². The first-order chi connectivity index (χ1) is 5.24. The van der Waals surface area contributed by atoms with Crippen LogP contribution < -0.4 is 5.48 Å². The summed E-state index contributed by atoms with van der Waals surface area (Å²) in [5, 5.41) is 3.36. The molecule has 0 spiro atoms. The Kier molecular flexibility index (Phi) is 2.17. The van der Waals surface area contributed by atoms with Crippen LogP contribution in [-0.4, -0.2) is 23.2 Å². The van der Waals surface area contributed by atoms with Gasteiger partial charge >= 0.3 is 5.91 Å². The molecule has 6 heteroatoms. The van der Waals surface area contributed by atoms with Crippen molar-refractivity contribution < 1.29 is 14.2 Å². The Hall–Kier alpha value is -1.43. The van der Waals surface area contributed by atoms with Gasteiger partial charge in [0.25, 0.3) is 5.82 Å². The van der Waals surface area contributed by atoms with Crippen LogP contribution in [0.1, 0.15) is 16.5 Å². The monoisotopic (exact) mass is 157 g/mol. The predicted octanol–water partition coefficient (Wildman–Crippen LogP) is -0.331. The standard InChI is InChI=1S/C5H7N3O3/c1-3-6-4(7-11-3)5(9)8-10-2/h1-2H3,(H,8,9). The summed E-state index contributed by atoms with van der Waals surface area (Å²) < 4.78 is 4.55. The lowest BCUT2D eigenvalue weighted by molar-refractivity contribution is 0.0524. The molecule has 0 aromatic carbocycles. The summed E-state index contributed by atoms with van der Waals surface area (Å²) in [5.74, 6) is -0.222. The lowest BCUT2D eigenvalue weighted by Gasteiger charge is -1.93. The van der Waals surface area contributed by atoms with Crippen molar-refractivity contribution in [2.75, 3.05) is 7.11 Å². The number of hydroxylamine groups is 1. The maximum atomic E-state index is 10.8. The highest BCUT2D eigenvalue weighted by Gasteiger charge is 2.11. The molecule has 1 aromatic heterocycles. The van der Waals surface area contributed by atoms with Crippen molar-refractivity contribution in [3.8, 4) is 0 Å². The molecule has 0 radical (unpaired) electrons. The zero-order valence-corrected chi connectivity index (χ0v) is 6.12.